The summed E-state index contributed by atoms with van der Waals surface area (Å²) < 4.78 is 5.93. The zero-order valence-corrected chi connectivity index (χ0v) is 22.7. The van der Waals surface area contributed by atoms with Crippen LogP contribution >= 0.6 is 0 Å². The molecular weight excluding hydrogens is 524 g/mol. The molecule has 4 aromatic rings. The number of hydrogen-bond acceptors (Lipinski definition) is 10. The molecule has 0 aliphatic carbocycles. The normalized spacial score (nSPS) is 16.3. The highest BCUT2D eigenvalue weighted by molar-refractivity contribution is 5.94. The number of pyridine rings is 1. The number of hydrazone groups is 1. The third-order valence-electron chi connectivity index (χ3n) is 7.04. The number of rotatable bonds is 6. The second-order valence-electron chi connectivity index (χ2n) is 9.72. The van der Waals surface area contributed by atoms with Crippen LogP contribution in [0.3, 0.4) is 0 Å². The quantitative estimate of drug-likeness (QED) is 0.283. The van der Waals surface area contributed by atoms with E-state index in [1.54, 1.807) is 48.7 Å². The van der Waals surface area contributed by atoms with E-state index in [2.05, 4.69) is 53.7 Å². The van der Waals surface area contributed by atoms with Gasteiger partial charge in [-0.05, 0) is 35.9 Å². The van der Waals surface area contributed by atoms with E-state index in [1.165, 1.54) is 0 Å². The number of anilines is 1. The summed E-state index contributed by atoms with van der Waals surface area (Å²) in [5, 5.41) is 11.5. The smallest absolute Gasteiger partial charge is 0.318 e. The average molecular weight is 555 g/mol. The standard InChI is InChI=1S/C28H30N10O3/c1-29-28(40)31-20-8-9-23-21(17-20)32-26(41-23)19-10-11-30-22(16-19)27(39)38-14-12-37(13-15-38)24(18-6-4-3-5-7-18)25-33-35-36(2)34-25/h3-11,16-17,24,35H,12-15H2,1-2H3,(H,33,34)(H2,29,31,40). The number of oxazole rings is 1. The summed E-state index contributed by atoms with van der Waals surface area (Å²) in [5.74, 6) is 1.03. The number of carbonyl (C=O) groups is 2. The molecule has 1 saturated heterocycles. The lowest BCUT2D eigenvalue weighted by Gasteiger charge is -2.39. The topological polar surface area (TPSA) is 143 Å². The van der Waals surface area contributed by atoms with E-state index < -0.39 is 0 Å². The second-order valence-corrected chi connectivity index (χ2v) is 9.72. The number of piperazine rings is 1. The molecule has 210 valence electrons. The van der Waals surface area contributed by atoms with Crippen molar-refractivity contribution in [1.29, 1.82) is 0 Å². The summed E-state index contributed by atoms with van der Waals surface area (Å²) >= 11 is 0. The summed E-state index contributed by atoms with van der Waals surface area (Å²) in [4.78, 5) is 38.2. The van der Waals surface area contributed by atoms with E-state index in [4.69, 9.17) is 4.42 Å². The maximum Gasteiger partial charge on any atom is 0.318 e. The molecule has 2 aromatic heterocycles. The number of benzene rings is 2. The van der Waals surface area contributed by atoms with Gasteiger partial charge in [0.1, 0.15) is 11.2 Å². The van der Waals surface area contributed by atoms with Crippen LogP contribution in [-0.2, 0) is 0 Å². The number of amidine groups is 1. The van der Waals surface area contributed by atoms with Crippen LogP contribution in [0.15, 0.2) is 76.4 Å². The molecular formula is C28H30N10O3. The molecule has 0 bridgehead atoms. The zero-order chi connectivity index (χ0) is 28.3. The lowest BCUT2D eigenvalue weighted by Crippen LogP contribution is -2.52. The van der Waals surface area contributed by atoms with Crippen molar-refractivity contribution in [3.05, 3.63) is 78.1 Å². The Bertz CT molecular complexity index is 1600. The monoisotopic (exact) mass is 554 g/mol. The Morgan fingerprint density at radius 3 is 2.56 bits per heavy atom. The molecule has 2 aromatic carbocycles. The first kappa shape index (κ1) is 26.2. The number of amides is 3. The van der Waals surface area contributed by atoms with Crippen LogP contribution in [0.4, 0.5) is 10.5 Å². The number of nitrogens with one attached hydrogen (secondary N) is 4. The largest absolute Gasteiger partial charge is 0.436 e. The Balaban J connectivity index is 1.16. The number of fused-ring (bicyclic) bond motifs is 1. The molecule has 0 spiro atoms. The number of urea groups is 1. The fourth-order valence-electron chi connectivity index (χ4n) is 5.00. The third kappa shape index (κ3) is 5.53. The van der Waals surface area contributed by atoms with Crippen molar-refractivity contribution in [2.24, 2.45) is 5.10 Å². The van der Waals surface area contributed by atoms with Crippen LogP contribution in [0.1, 0.15) is 22.1 Å². The molecule has 1 fully saturated rings. The van der Waals surface area contributed by atoms with Crippen molar-refractivity contribution in [2.75, 3.05) is 45.6 Å². The molecule has 0 saturated carbocycles. The summed E-state index contributed by atoms with van der Waals surface area (Å²) in [6.45, 7) is 2.45. The van der Waals surface area contributed by atoms with Gasteiger partial charge < -0.3 is 20.0 Å². The van der Waals surface area contributed by atoms with Crippen LogP contribution in [-0.4, -0.2) is 82.9 Å². The summed E-state index contributed by atoms with van der Waals surface area (Å²) in [5.41, 5.74) is 10.0. The van der Waals surface area contributed by atoms with Gasteiger partial charge in [-0.1, -0.05) is 30.3 Å². The molecule has 2 aliphatic heterocycles. The van der Waals surface area contributed by atoms with Crippen molar-refractivity contribution in [3.8, 4) is 11.5 Å². The molecule has 4 heterocycles. The average Bonchev–Trinajstić information content (AvgIpc) is 3.64. The van der Waals surface area contributed by atoms with Gasteiger partial charge in [-0.25, -0.2) is 14.9 Å². The van der Waals surface area contributed by atoms with E-state index in [1.807, 2.05) is 30.1 Å². The summed E-state index contributed by atoms with van der Waals surface area (Å²) in [7, 11) is 3.38. The Hall–Kier alpha value is -5.01. The van der Waals surface area contributed by atoms with Gasteiger partial charge in [0.05, 0.1) is 6.04 Å². The van der Waals surface area contributed by atoms with Crippen LogP contribution in [0.2, 0.25) is 0 Å². The van der Waals surface area contributed by atoms with Crippen molar-refractivity contribution >= 4 is 34.6 Å². The minimum Gasteiger partial charge on any atom is -0.436 e. The Morgan fingerprint density at radius 1 is 1.02 bits per heavy atom. The Kier molecular flexibility index (Phi) is 7.18. The van der Waals surface area contributed by atoms with Crippen molar-refractivity contribution in [1.82, 2.24) is 41.2 Å². The predicted octanol–water partition coefficient (Wildman–Crippen LogP) is 2.41. The number of hydrazine groups is 2. The highest BCUT2D eigenvalue weighted by Crippen LogP contribution is 2.28. The molecule has 6 rings (SSSR count). The molecule has 3 amide bonds. The lowest BCUT2D eigenvalue weighted by molar-refractivity contribution is 0.0605. The fraction of sp³-hybridized carbons (Fsp3) is 0.250. The van der Waals surface area contributed by atoms with Gasteiger partial charge in [0.15, 0.2) is 11.4 Å². The molecule has 41 heavy (non-hydrogen) atoms. The van der Waals surface area contributed by atoms with Gasteiger partial charge in [0.2, 0.25) is 5.89 Å². The Morgan fingerprint density at radius 2 is 1.83 bits per heavy atom. The van der Waals surface area contributed by atoms with E-state index in [0.29, 0.717) is 60.1 Å². The van der Waals surface area contributed by atoms with E-state index >= 15 is 0 Å². The molecule has 4 N–H and O–H groups in total. The van der Waals surface area contributed by atoms with E-state index in [-0.39, 0.29) is 18.0 Å². The minimum atomic E-state index is -0.324. The second kappa shape index (κ2) is 11.2. The van der Waals surface area contributed by atoms with Gasteiger partial charge in [-0.15, -0.1) is 10.6 Å². The first-order valence-electron chi connectivity index (χ1n) is 13.3. The SMILES string of the molecule is CNC(=O)Nc1ccc2oc(-c3ccnc(C(=O)N4CCN(C(C5=NN(C)NN5)c5ccccc5)CC4)c3)nc2c1. The first-order chi connectivity index (χ1) is 20.0. The van der Waals surface area contributed by atoms with Crippen molar-refractivity contribution < 1.29 is 14.0 Å². The molecule has 13 nitrogen and oxygen atoms in total. The molecule has 0 radical (unpaired) electrons. The number of nitrogens with zero attached hydrogens (tertiary/aromatic N) is 6. The van der Waals surface area contributed by atoms with Crippen LogP contribution in [0.5, 0.6) is 0 Å². The summed E-state index contributed by atoms with van der Waals surface area (Å²) in [6, 6.07) is 18.5. The summed E-state index contributed by atoms with van der Waals surface area (Å²) in [6.07, 6.45) is 1.59. The minimum absolute atomic E-state index is 0.0708. The van der Waals surface area contributed by atoms with Gasteiger partial charge in [0.25, 0.3) is 5.91 Å². The number of carbonyl (C=O) groups excluding carboxylic acids is 2. The van der Waals surface area contributed by atoms with E-state index in [0.717, 1.165) is 11.4 Å². The van der Waals surface area contributed by atoms with Gasteiger partial charge in [-0.2, -0.15) is 0 Å². The lowest BCUT2D eigenvalue weighted by atomic mass is 10.0. The van der Waals surface area contributed by atoms with Crippen LogP contribution < -0.4 is 21.6 Å². The highest BCUT2D eigenvalue weighted by Gasteiger charge is 2.33. The molecule has 2 aliphatic rings. The maximum absolute atomic E-state index is 13.5. The molecule has 1 atom stereocenters. The van der Waals surface area contributed by atoms with Gasteiger partial charge in [-0.3, -0.25) is 20.1 Å². The third-order valence-corrected chi connectivity index (χ3v) is 7.04. The van der Waals surface area contributed by atoms with Crippen LogP contribution in [0, 0.1) is 0 Å². The highest BCUT2D eigenvalue weighted by atomic mass is 16.3. The van der Waals surface area contributed by atoms with E-state index in [9.17, 15) is 9.59 Å². The van der Waals surface area contributed by atoms with Crippen molar-refractivity contribution in [2.45, 2.75) is 6.04 Å². The van der Waals surface area contributed by atoms with Gasteiger partial charge in [0, 0.05) is 57.7 Å². The Labute approximate surface area is 236 Å². The van der Waals surface area contributed by atoms with Crippen molar-refractivity contribution in [3.63, 3.8) is 0 Å². The maximum atomic E-state index is 13.5. The van der Waals surface area contributed by atoms with Crippen LogP contribution in [0.25, 0.3) is 22.6 Å². The number of hydrogen-bond donors (Lipinski definition) is 4. The number of aromatic nitrogens is 2. The predicted molar refractivity (Wildman–Crippen MR) is 153 cm³/mol. The zero-order valence-electron chi connectivity index (χ0n) is 22.7. The first-order valence-corrected chi connectivity index (χ1v) is 13.3. The molecule has 1 unspecified atom stereocenters. The fourth-order valence-corrected chi connectivity index (χ4v) is 5.00. The van der Waals surface area contributed by atoms with Gasteiger partial charge >= 0.3 is 6.03 Å². The molecule has 13 heteroatoms.